The number of nitrogens with zero attached hydrogens (tertiary/aromatic N) is 2. The van der Waals surface area contributed by atoms with Gasteiger partial charge >= 0.3 is 5.97 Å². The van der Waals surface area contributed by atoms with Crippen molar-refractivity contribution in [2.75, 3.05) is 6.54 Å². The van der Waals surface area contributed by atoms with Crippen molar-refractivity contribution in [3.05, 3.63) is 46.0 Å². The smallest absolute Gasteiger partial charge is 0.325 e. The number of esters is 1. The Kier molecular flexibility index (Phi) is 8.62. The van der Waals surface area contributed by atoms with Gasteiger partial charge in [0.2, 0.25) is 11.8 Å². The number of amides is 3. The Morgan fingerprint density at radius 2 is 1.80 bits per heavy atom. The van der Waals surface area contributed by atoms with Crippen molar-refractivity contribution in [1.82, 2.24) is 31.0 Å². The van der Waals surface area contributed by atoms with Crippen molar-refractivity contribution in [3.63, 3.8) is 0 Å². The third kappa shape index (κ3) is 6.64. The molecule has 4 atom stereocenters. The number of hydrogen-bond acceptors (Lipinski definition) is 8. The zero-order valence-electron chi connectivity index (χ0n) is 24.2. The maximum Gasteiger partial charge on any atom is 0.325 e. The molecule has 0 saturated carbocycles. The number of cyclic esters (lactones) is 1. The lowest BCUT2D eigenvalue weighted by atomic mass is 9.89. The number of hydrogen-bond donors (Lipinski definition) is 4. The molecule has 0 spiro atoms. The Balaban J connectivity index is 1.74. The van der Waals surface area contributed by atoms with E-state index in [-0.39, 0.29) is 23.2 Å². The second-order valence-corrected chi connectivity index (χ2v) is 11.6. The van der Waals surface area contributed by atoms with Gasteiger partial charge in [0.25, 0.3) is 11.5 Å². The monoisotopic (exact) mass is 566 g/mol. The molecule has 4 N–H and O–H groups in total. The second kappa shape index (κ2) is 11.8. The van der Waals surface area contributed by atoms with Gasteiger partial charge in [-0.2, -0.15) is 0 Å². The first-order valence-electron chi connectivity index (χ1n) is 13.9. The molecule has 2 unspecified atom stereocenters. The van der Waals surface area contributed by atoms with Crippen LogP contribution in [0, 0.1) is 11.3 Å². The van der Waals surface area contributed by atoms with E-state index >= 15 is 0 Å². The van der Waals surface area contributed by atoms with E-state index in [2.05, 4.69) is 26.0 Å². The first-order valence-corrected chi connectivity index (χ1v) is 13.9. The van der Waals surface area contributed by atoms with Gasteiger partial charge in [0.1, 0.15) is 18.1 Å². The minimum Gasteiger partial charge on any atom is -0.453 e. The van der Waals surface area contributed by atoms with Crippen LogP contribution in [-0.2, 0) is 23.9 Å². The number of aromatic nitrogens is 2. The molecule has 4 rings (SSSR count). The summed E-state index contributed by atoms with van der Waals surface area (Å²) in [6.07, 6.45) is 3.57. The topological polar surface area (TPSA) is 163 Å². The summed E-state index contributed by atoms with van der Waals surface area (Å²) in [5.74, 6) is -1.94. The number of carbonyl (C=O) groups excluding carboxylic acids is 4. The van der Waals surface area contributed by atoms with E-state index in [1.165, 1.54) is 5.01 Å². The van der Waals surface area contributed by atoms with Crippen molar-refractivity contribution >= 4 is 40.7 Å². The van der Waals surface area contributed by atoms with Crippen LogP contribution in [0.1, 0.15) is 71.9 Å². The highest BCUT2D eigenvalue weighted by molar-refractivity contribution is 5.94. The number of carbonyl (C=O) groups is 4. The van der Waals surface area contributed by atoms with Crippen molar-refractivity contribution in [1.29, 1.82) is 0 Å². The Hall–Kier alpha value is -4.06. The molecule has 41 heavy (non-hydrogen) atoms. The zero-order chi connectivity index (χ0) is 30.1. The summed E-state index contributed by atoms with van der Waals surface area (Å²) in [6.45, 7) is 10.6. The molecule has 220 valence electrons. The fourth-order valence-electron chi connectivity index (χ4n) is 4.74. The quantitative estimate of drug-likeness (QED) is 0.379. The van der Waals surface area contributed by atoms with E-state index in [1.807, 2.05) is 13.8 Å². The van der Waals surface area contributed by atoms with E-state index < -0.39 is 47.4 Å². The van der Waals surface area contributed by atoms with E-state index in [4.69, 9.17) is 4.74 Å². The van der Waals surface area contributed by atoms with Crippen LogP contribution in [0.15, 0.2) is 29.1 Å². The van der Waals surface area contributed by atoms with Gasteiger partial charge in [-0.25, -0.2) is 10.4 Å². The highest BCUT2D eigenvalue weighted by Gasteiger charge is 2.35. The summed E-state index contributed by atoms with van der Waals surface area (Å²) >= 11 is 0. The molecule has 3 heterocycles. The van der Waals surface area contributed by atoms with E-state index in [0.717, 1.165) is 0 Å². The summed E-state index contributed by atoms with van der Waals surface area (Å²) in [4.78, 5) is 72.7. The van der Waals surface area contributed by atoms with Gasteiger partial charge in [-0.15, -0.1) is 0 Å². The standard InChI is InChI=1S/C29H38N6O6/c1-15(2)22-25(37)30-16(3)26(38)35-13-7-8-20(34-35)27(39)41-17(4)23-31-21-14-18(9-10-19(21)24(36)33-23)11-12-29(5,6)28(40)32-22/h9-12,14-17,20,22,34H,7-8,13H2,1-6H3,(H,30,37)(H,32,40)(H,31,33,36)/b12-11+/t16-,17+,20?,22?/m0/s1. The van der Waals surface area contributed by atoms with Crippen LogP contribution in [0.25, 0.3) is 17.0 Å². The van der Waals surface area contributed by atoms with Crippen LogP contribution in [-0.4, -0.2) is 63.3 Å². The zero-order valence-corrected chi connectivity index (χ0v) is 24.2. The van der Waals surface area contributed by atoms with Crippen molar-refractivity contribution in [2.45, 2.75) is 78.6 Å². The normalized spacial score (nSPS) is 26.9. The molecule has 12 nitrogen and oxygen atoms in total. The Bertz CT molecular complexity index is 1450. The summed E-state index contributed by atoms with van der Waals surface area (Å²) in [7, 11) is 0. The first kappa shape index (κ1) is 29.9. The Morgan fingerprint density at radius 1 is 1.07 bits per heavy atom. The highest BCUT2D eigenvalue weighted by atomic mass is 16.5. The predicted molar refractivity (Wildman–Crippen MR) is 152 cm³/mol. The third-order valence-electron chi connectivity index (χ3n) is 7.41. The molecule has 1 aromatic carbocycles. The number of nitrogens with one attached hydrogen (secondary N) is 4. The van der Waals surface area contributed by atoms with Crippen molar-refractivity contribution in [2.24, 2.45) is 11.3 Å². The maximum atomic E-state index is 13.3. The third-order valence-corrected chi connectivity index (χ3v) is 7.41. The molecule has 0 radical (unpaired) electrons. The number of fused-ring (bicyclic) bond motifs is 4. The number of H-pyrrole nitrogens is 1. The molecule has 1 saturated heterocycles. The minimum absolute atomic E-state index is 0.183. The van der Waals surface area contributed by atoms with Crippen LogP contribution < -0.4 is 21.6 Å². The van der Waals surface area contributed by atoms with Gasteiger partial charge in [-0.1, -0.05) is 32.1 Å². The number of aromatic amines is 1. The fourth-order valence-corrected chi connectivity index (χ4v) is 4.74. The predicted octanol–water partition coefficient (Wildman–Crippen LogP) is 1.72. The molecule has 2 aromatic rings. The highest BCUT2D eigenvalue weighted by Crippen LogP contribution is 2.23. The maximum absolute atomic E-state index is 13.3. The Labute approximate surface area is 238 Å². The largest absolute Gasteiger partial charge is 0.453 e. The van der Waals surface area contributed by atoms with Crippen LogP contribution in [0.4, 0.5) is 0 Å². The fraction of sp³-hybridized carbons (Fsp3) is 0.517. The van der Waals surface area contributed by atoms with Crippen molar-refractivity contribution < 1.29 is 23.9 Å². The van der Waals surface area contributed by atoms with Gasteiger partial charge in [0, 0.05) is 6.54 Å². The average Bonchev–Trinajstić information content (AvgIpc) is 2.93. The molecular weight excluding hydrogens is 528 g/mol. The molecule has 1 fully saturated rings. The van der Waals surface area contributed by atoms with Gasteiger partial charge in [-0.3, -0.25) is 29.0 Å². The van der Waals surface area contributed by atoms with Crippen LogP contribution in [0.2, 0.25) is 0 Å². The van der Waals surface area contributed by atoms with E-state index in [0.29, 0.717) is 35.9 Å². The molecule has 5 bridgehead atoms. The molecule has 1 aromatic heterocycles. The molecule has 2 aliphatic heterocycles. The lowest BCUT2D eigenvalue weighted by Gasteiger charge is -2.35. The van der Waals surface area contributed by atoms with Crippen molar-refractivity contribution in [3.8, 4) is 0 Å². The van der Waals surface area contributed by atoms with Gasteiger partial charge in [0.05, 0.1) is 16.3 Å². The van der Waals surface area contributed by atoms with E-state index in [1.54, 1.807) is 58.0 Å². The lowest BCUT2D eigenvalue weighted by Crippen LogP contribution is -2.61. The lowest BCUT2D eigenvalue weighted by molar-refractivity contribution is -0.157. The number of rotatable bonds is 1. The minimum atomic E-state index is -0.995. The molecule has 0 aliphatic carbocycles. The molecule has 12 heteroatoms. The summed E-state index contributed by atoms with van der Waals surface area (Å²) in [6, 6.07) is 2.49. The summed E-state index contributed by atoms with van der Waals surface area (Å²) in [5, 5.41) is 7.22. The first-order chi connectivity index (χ1) is 19.3. The molecular formula is C29H38N6O6. The van der Waals surface area contributed by atoms with Crippen LogP contribution in [0.3, 0.4) is 0 Å². The number of hydrazine groups is 1. The number of benzene rings is 1. The van der Waals surface area contributed by atoms with Gasteiger partial charge < -0.3 is 20.4 Å². The van der Waals surface area contributed by atoms with Crippen LogP contribution in [0.5, 0.6) is 0 Å². The SMILES string of the molecule is CC(C)C1NC(=O)C(C)(C)/C=C/c2ccc3c(=O)[nH]c(nc3c2)[C@@H](C)OC(=O)C2CCCN(N2)C(=O)[C@H](C)NC1=O. The summed E-state index contributed by atoms with van der Waals surface area (Å²) < 4.78 is 5.63. The summed E-state index contributed by atoms with van der Waals surface area (Å²) in [5.41, 5.74) is 2.65. The van der Waals surface area contributed by atoms with E-state index in [9.17, 15) is 24.0 Å². The molecule has 3 amide bonds. The van der Waals surface area contributed by atoms with Gasteiger partial charge in [0.15, 0.2) is 11.9 Å². The number of ether oxygens (including phenoxy) is 1. The Morgan fingerprint density at radius 3 is 2.51 bits per heavy atom. The second-order valence-electron chi connectivity index (χ2n) is 11.6. The van der Waals surface area contributed by atoms with Crippen LogP contribution >= 0.6 is 0 Å². The van der Waals surface area contributed by atoms with Gasteiger partial charge in [-0.05, 0) is 64.2 Å². The molecule has 2 aliphatic rings. The average molecular weight is 567 g/mol.